The number of likely N-dealkylation sites (tertiary alicyclic amines) is 1. The third-order valence-corrected chi connectivity index (χ3v) is 5.92. The minimum Gasteiger partial charge on any atom is -0.350 e. The standard InChI is InChI=1S/C22H25N3O2/c1-24(18-10-6-3-7-11-18)21(27)25-14-12-22(13-15-25)16-19(20(26)23-22)17-8-4-2-5-9-17/h2-11,19H,12-16H2,1H3,(H,23,26)/t19-/m1/s1. The first kappa shape index (κ1) is 17.6. The molecule has 1 spiro atoms. The van der Waals surface area contributed by atoms with Gasteiger partial charge in [-0.15, -0.1) is 0 Å². The number of piperidine rings is 1. The minimum atomic E-state index is -0.181. The highest BCUT2D eigenvalue weighted by Gasteiger charge is 2.46. The zero-order chi connectivity index (χ0) is 18.9. The van der Waals surface area contributed by atoms with Gasteiger partial charge in [-0.2, -0.15) is 0 Å². The molecule has 0 radical (unpaired) electrons. The van der Waals surface area contributed by atoms with Gasteiger partial charge in [0.1, 0.15) is 0 Å². The molecule has 2 aromatic rings. The van der Waals surface area contributed by atoms with Crippen molar-refractivity contribution in [1.82, 2.24) is 10.2 Å². The topological polar surface area (TPSA) is 52.7 Å². The summed E-state index contributed by atoms with van der Waals surface area (Å²) in [5.74, 6) is 0.0304. The fourth-order valence-electron chi connectivity index (χ4n) is 4.27. The molecule has 1 atom stereocenters. The summed E-state index contributed by atoms with van der Waals surface area (Å²) >= 11 is 0. The van der Waals surface area contributed by atoms with Crippen molar-refractivity contribution in [3.63, 3.8) is 0 Å². The minimum absolute atomic E-state index is 0.0139. The zero-order valence-corrected chi connectivity index (χ0v) is 15.6. The van der Waals surface area contributed by atoms with Gasteiger partial charge >= 0.3 is 6.03 Å². The van der Waals surface area contributed by atoms with Crippen LogP contribution in [0.3, 0.4) is 0 Å². The van der Waals surface area contributed by atoms with E-state index in [4.69, 9.17) is 0 Å². The predicted molar refractivity (Wildman–Crippen MR) is 106 cm³/mol. The quantitative estimate of drug-likeness (QED) is 0.889. The Morgan fingerprint density at radius 3 is 2.26 bits per heavy atom. The van der Waals surface area contributed by atoms with Gasteiger partial charge < -0.3 is 10.2 Å². The first-order valence-corrected chi connectivity index (χ1v) is 9.53. The first-order chi connectivity index (χ1) is 13.1. The molecular weight excluding hydrogens is 338 g/mol. The summed E-state index contributed by atoms with van der Waals surface area (Å²) in [6.07, 6.45) is 2.42. The molecule has 2 aromatic carbocycles. The number of benzene rings is 2. The number of rotatable bonds is 2. The molecule has 0 bridgehead atoms. The van der Waals surface area contributed by atoms with Crippen LogP contribution in [0.2, 0.25) is 0 Å². The normalized spacial score (nSPS) is 21.1. The maximum absolute atomic E-state index is 12.8. The van der Waals surface area contributed by atoms with Crippen LogP contribution in [0.25, 0.3) is 0 Å². The molecule has 5 nitrogen and oxygen atoms in total. The van der Waals surface area contributed by atoms with Crippen LogP contribution in [-0.2, 0) is 4.79 Å². The summed E-state index contributed by atoms with van der Waals surface area (Å²) in [7, 11) is 1.81. The molecule has 0 aromatic heterocycles. The molecule has 2 aliphatic heterocycles. The average molecular weight is 363 g/mol. The highest BCUT2D eigenvalue weighted by Crippen LogP contribution is 2.39. The van der Waals surface area contributed by atoms with Gasteiger partial charge in [-0.05, 0) is 37.0 Å². The van der Waals surface area contributed by atoms with Crippen LogP contribution in [-0.4, -0.2) is 42.5 Å². The number of nitrogens with zero attached hydrogens (tertiary/aromatic N) is 2. The van der Waals surface area contributed by atoms with Gasteiger partial charge in [0.2, 0.25) is 5.91 Å². The van der Waals surface area contributed by atoms with E-state index in [9.17, 15) is 9.59 Å². The molecule has 2 aliphatic rings. The lowest BCUT2D eigenvalue weighted by Gasteiger charge is -2.40. The smallest absolute Gasteiger partial charge is 0.324 e. The predicted octanol–water partition coefficient (Wildman–Crippen LogP) is 3.38. The molecule has 2 saturated heterocycles. The van der Waals surface area contributed by atoms with Crippen molar-refractivity contribution in [3.8, 4) is 0 Å². The number of anilines is 1. The number of hydrogen-bond donors (Lipinski definition) is 1. The van der Waals surface area contributed by atoms with E-state index in [1.165, 1.54) is 0 Å². The van der Waals surface area contributed by atoms with Crippen molar-refractivity contribution in [3.05, 3.63) is 66.2 Å². The lowest BCUT2D eigenvalue weighted by molar-refractivity contribution is -0.121. The number of hydrogen-bond acceptors (Lipinski definition) is 2. The maximum Gasteiger partial charge on any atom is 0.324 e. The number of urea groups is 1. The van der Waals surface area contributed by atoms with Gasteiger partial charge in [0.05, 0.1) is 5.92 Å². The zero-order valence-electron chi connectivity index (χ0n) is 15.6. The van der Waals surface area contributed by atoms with E-state index in [2.05, 4.69) is 5.32 Å². The van der Waals surface area contributed by atoms with Crippen LogP contribution in [0, 0.1) is 0 Å². The lowest BCUT2D eigenvalue weighted by atomic mass is 9.82. The molecule has 0 unspecified atom stereocenters. The van der Waals surface area contributed by atoms with Gasteiger partial charge in [0.25, 0.3) is 0 Å². The van der Waals surface area contributed by atoms with E-state index in [0.29, 0.717) is 13.1 Å². The van der Waals surface area contributed by atoms with Crippen LogP contribution >= 0.6 is 0 Å². The van der Waals surface area contributed by atoms with Crippen LogP contribution in [0.15, 0.2) is 60.7 Å². The highest BCUT2D eigenvalue weighted by molar-refractivity contribution is 5.91. The number of nitrogens with one attached hydrogen (secondary N) is 1. The van der Waals surface area contributed by atoms with Gasteiger partial charge in [0, 0.05) is 31.4 Å². The van der Waals surface area contributed by atoms with E-state index in [-0.39, 0.29) is 23.4 Å². The Kier molecular flexibility index (Phi) is 4.60. The van der Waals surface area contributed by atoms with Crippen molar-refractivity contribution in [1.29, 1.82) is 0 Å². The molecule has 0 aliphatic carbocycles. The number of amides is 3. The van der Waals surface area contributed by atoms with Gasteiger partial charge in [-0.25, -0.2) is 4.79 Å². The molecule has 2 fully saturated rings. The summed E-state index contributed by atoms with van der Waals surface area (Å²) < 4.78 is 0. The maximum atomic E-state index is 12.8. The summed E-state index contributed by atoms with van der Waals surface area (Å²) in [6, 6.07) is 19.7. The summed E-state index contributed by atoms with van der Waals surface area (Å²) in [6.45, 7) is 1.33. The van der Waals surface area contributed by atoms with E-state index in [0.717, 1.165) is 30.5 Å². The SMILES string of the molecule is CN(C(=O)N1CCC2(CC1)C[C@H](c1ccccc1)C(=O)N2)c1ccccc1. The summed E-state index contributed by atoms with van der Waals surface area (Å²) in [4.78, 5) is 29.0. The molecule has 27 heavy (non-hydrogen) atoms. The second-order valence-electron chi connectivity index (χ2n) is 7.60. The third kappa shape index (κ3) is 3.42. The molecule has 5 heteroatoms. The first-order valence-electron chi connectivity index (χ1n) is 9.53. The Hall–Kier alpha value is -2.82. The Balaban J connectivity index is 1.40. The fourth-order valence-corrected chi connectivity index (χ4v) is 4.27. The van der Waals surface area contributed by atoms with Gasteiger partial charge in [-0.1, -0.05) is 48.5 Å². The molecule has 140 valence electrons. The lowest BCUT2D eigenvalue weighted by Crippen LogP contribution is -2.54. The Morgan fingerprint density at radius 1 is 1.04 bits per heavy atom. The second kappa shape index (κ2) is 7.06. The molecule has 0 saturated carbocycles. The third-order valence-electron chi connectivity index (χ3n) is 5.92. The van der Waals surface area contributed by atoms with Crippen molar-refractivity contribution in [2.75, 3.05) is 25.0 Å². The van der Waals surface area contributed by atoms with Crippen molar-refractivity contribution in [2.45, 2.75) is 30.7 Å². The molecule has 4 rings (SSSR count). The molecule has 2 heterocycles. The summed E-state index contributed by atoms with van der Waals surface area (Å²) in [5, 5.41) is 3.25. The monoisotopic (exact) mass is 363 g/mol. The Morgan fingerprint density at radius 2 is 1.63 bits per heavy atom. The van der Waals surface area contributed by atoms with Crippen LogP contribution in [0.4, 0.5) is 10.5 Å². The van der Waals surface area contributed by atoms with Gasteiger partial charge in [0.15, 0.2) is 0 Å². The van der Waals surface area contributed by atoms with E-state index in [1.54, 1.807) is 4.90 Å². The van der Waals surface area contributed by atoms with Crippen LogP contribution in [0.1, 0.15) is 30.7 Å². The van der Waals surface area contributed by atoms with Crippen LogP contribution < -0.4 is 10.2 Å². The Bertz CT molecular complexity index is 814. The largest absolute Gasteiger partial charge is 0.350 e. The van der Waals surface area contributed by atoms with E-state index >= 15 is 0 Å². The summed E-state index contributed by atoms with van der Waals surface area (Å²) in [5.41, 5.74) is 1.79. The highest BCUT2D eigenvalue weighted by atomic mass is 16.2. The van der Waals surface area contributed by atoms with Gasteiger partial charge in [-0.3, -0.25) is 9.69 Å². The fraction of sp³-hybridized carbons (Fsp3) is 0.364. The average Bonchev–Trinajstić information content (AvgIpc) is 3.04. The van der Waals surface area contributed by atoms with E-state index < -0.39 is 0 Å². The van der Waals surface area contributed by atoms with Crippen molar-refractivity contribution < 1.29 is 9.59 Å². The number of para-hydroxylation sites is 1. The Labute approximate surface area is 160 Å². The van der Waals surface area contributed by atoms with Crippen LogP contribution in [0.5, 0.6) is 0 Å². The molecular formula is C22H25N3O2. The van der Waals surface area contributed by atoms with Crippen molar-refractivity contribution >= 4 is 17.6 Å². The molecule has 1 N–H and O–H groups in total. The number of carbonyl (C=O) groups is 2. The second-order valence-corrected chi connectivity index (χ2v) is 7.60. The molecule has 3 amide bonds. The van der Waals surface area contributed by atoms with Crippen molar-refractivity contribution in [2.24, 2.45) is 0 Å². The van der Waals surface area contributed by atoms with E-state index in [1.807, 2.05) is 72.6 Å². The number of carbonyl (C=O) groups excluding carboxylic acids is 2.